The fourth-order valence-electron chi connectivity index (χ4n) is 2.67. The minimum Gasteiger partial charge on any atom is -0.376 e. The highest BCUT2D eigenvalue weighted by molar-refractivity contribution is 5.76. The van der Waals surface area contributed by atoms with E-state index in [1.165, 1.54) is 0 Å². The van der Waals surface area contributed by atoms with Gasteiger partial charge in [-0.15, -0.1) is 0 Å². The van der Waals surface area contributed by atoms with Crippen LogP contribution in [0.4, 0.5) is 0 Å². The largest absolute Gasteiger partial charge is 0.376 e. The molecule has 21 heavy (non-hydrogen) atoms. The summed E-state index contributed by atoms with van der Waals surface area (Å²) in [5.41, 5.74) is 2.30. The molecule has 1 unspecified atom stereocenters. The van der Waals surface area contributed by atoms with E-state index in [9.17, 15) is 4.79 Å². The van der Waals surface area contributed by atoms with Crippen molar-refractivity contribution in [2.75, 3.05) is 19.7 Å². The van der Waals surface area contributed by atoms with Gasteiger partial charge >= 0.3 is 0 Å². The van der Waals surface area contributed by atoms with Crippen molar-refractivity contribution in [3.63, 3.8) is 0 Å². The molecule has 0 N–H and O–H groups in total. The molecule has 1 atom stereocenters. The average Bonchev–Trinajstić information content (AvgIpc) is 2.69. The van der Waals surface area contributed by atoms with Crippen LogP contribution in [0.2, 0.25) is 0 Å². The van der Waals surface area contributed by atoms with Crippen molar-refractivity contribution < 1.29 is 9.53 Å². The summed E-state index contributed by atoms with van der Waals surface area (Å²) in [7, 11) is 1.93. The number of hydrogen-bond donors (Lipinski definition) is 0. The minimum absolute atomic E-state index is 0.163. The normalized spacial score (nSPS) is 19.9. The third-order valence-corrected chi connectivity index (χ3v) is 4.35. The number of amides is 1. The second kappa shape index (κ2) is 7.07. The first kappa shape index (κ1) is 16.0. The lowest BCUT2D eigenvalue weighted by Gasteiger charge is -2.26. The van der Waals surface area contributed by atoms with Crippen LogP contribution in [0.15, 0.2) is 6.20 Å². The second-order valence-electron chi connectivity index (χ2n) is 6.23. The van der Waals surface area contributed by atoms with Crippen molar-refractivity contribution >= 4 is 5.91 Å². The third kappa shape index (κ3) is 4.06. The van der Waals surface area contributed by atoms with Crippen molar-refractivity contribution in [3.05, 3.63) is 17.5 Å². The smallest absolute Gasteiger partial charge is 0.222 e. The molecule has 2 heterocycles. The van der Waals surface area contributed by atoms with Crippen LogP contribution in [-0.2, 0) is 23.0 Å². The van der Waals surface area contributed by atoms with Gasteiger partial charge in [0.25, 0.3) is 0 Å². The Morgan fingerprint density at radius 1 is 1.52 bits per heavy atom. The summed E-state index contributed by atoms with van der Waals surface area (Å²) in [4.78, 5) is 14.4. The molecule has 1 aliphatic heterocycles. The Labute approximate surface area is 127 Å². The number of aromatic nitrogens is 2. The van der Waals surface area contributed by atoms with E-state index in [-0.39, 0.29) is 12.0 Å². The Balaban J connectivity index is 1.91. The predicted octanol–water partition coefficient (Wildman–Crippen LogP) is 1.93. The molecule has 1 saturated heterocycles. The highest BCUT2D eigenvalue weighted by Crippen LogP contribution is 2.15. The van der Waals surface area contributed by atoms with Gasteiger partial charge in [0.05, 0.1) is 12.3 Å². The summed E-state index contributed by atoms with van der Waals surface area (Å²) in [6.45, 7) is 8.64. The zero-order chi connectivity index (χ0) is 15.4. The topological polar surface area (TPSA) is 47.4 Å². The number of carbonyl (C=O) groups excluding carboxylic acids is 1. The Hall–Kier alpha value is -1.36. The summed E-state index contributed by atoms with van der Waals surface area (Å²) in [5, 5.41) is 4.23. The molecule has 0 spiro atoms. The molecule has 5 nitrogen and oxygen atoms in total. The Morgan fingerprint density at radius 3 is 2.90 bits per heavy atom. The lowest BCUT2D eigenvalue weighted by atomic mass is 10.1. The zero-order valence-electron chi connectivity index (χ0n) is 13.6. The first-order chi connectivity index (χ1) is 9.99. The van der Waals surface area contributed by atoms with Crippen LogP contribution < -0.4 is 0 Å². The highest BCUT2D eigenvalue weighted by Gasteiger charge is 2.24. The molecule has 2 rings (SSSR count). The van der Waals surface area contributed by atoms with E-state index in [1.807, 2.05) is 29.7 Å². The van der Waals surface area contributed by atoms with Crippen LogP contribution in [0.5, 0.6) is 0 Å². The van der Waals surface area contributed by atoms with Crippen LogP contribution >= 0.6 is 0 Å². The SMILES string of the molecule is Cc1c(CCC(=O)N2CCCOC(C(C)C)C2)cnn1C. The van der Waals surface area contributed by atoms with Gasteiger partial charge in [0.2, 0.25) is 5.91 Å². The van der Waals surface area contributed by atoms with E-state index >= 15 is 0 Å². The number of aryl methyl sites for hydroxylation is 2. The molecule has 0 radical (unpaired) electrons. The van der Waals surface area contributed by atoms with Gasteiger partial charge in [-0.1, -0.05) is 13.8 Å². The standard InChI is InChI=1S/C16H27N3O2/c1-12(2)15-11-19(8-5-9-21-15)16(20)7-6-14-10-17-18(4)13(14)3/h10,12,15H,5-9,11H2,1-4H3. The molecule has 1 aliphatic rings. The summed E-state index contributed by atoms with van der Waals surface area (Å²) >= 11 is 0. The van der Waals surface area contributed by atoms with Gasteiger partial charge in [0.15, 0.2) is 0 Å². The van der Waals surface area contributed by atoms with Crippen LogP contribution in [0.3, 0.4) is 0 Å². The number of rotatable bonds is 4. The average molecular weight is 293 g/mol. The Kier molecular flexibility index (Phi) is 5.39. The molecule has 1 aromatic heterocycles. The minimum atomic E-state index is 0.163. The van der Waals surface area contributed by atoms with Crippen LogP contribution in [-0.4, -0.2) is 46.4 Å². The van der Waals surface area contributed by atoms with Crippen LogP contribution in [0, 0.1) is 12.8 Å². The second-order valence-corrected chi connectivity index (χ2v) is 6.23. The third-order valence-electron chi connectivity index (χ3n) is 4.35. The molecule has 0 aliphatic carbocycles. The lowest BCUT2D eigenvalue weighted by Crippen LogP contribution is -2.38. The molecule has 0 saturated carbocycles. The maximum atomic E-state index is 12.5. The van der Waals surface area contributed by atoms with E-state index in [0.29, 0.717) is 12.3 Å². The van der Waals surface area contributed by atoms with Gasteiger partial charge in [0, 0.05) is 38.9 Å². The Bertz CT molecular complexity index is 482. The van der Waals surface area contributed by atoms with Crippen molar-refractivity contribution in [1.82, 2.24) is 14.7 Å². The van der Waals surface area contributed by atoms with E-state index < -0.39 is 0 Å². The maximum absolute atomic E-state index is 12.5. The molecule has 1 fully saturated rings. The van der Waals surface area contributed by atoms with Gasteiger partial charge in [-0.2, -0.15) is 5.10 Å². The van der Waals surface area contributed by atoms with E-state index in [2.05, 4.69) is 18.9 Å². The predicted molar refractivity (Wildman–Crippen MR) is 82.0 cm³/mol. The fourth-order valence-corrected chi connectivity index (χ4v) is 2.67. The molecule has 0 aromatic carbocycles. The van der Waals surface area contributed by atoms with Crippen molar-refractivity contribution in [2.45, 2.75) is 46.1 Å². The van der Waals surface area contributed by atoms with Crippen molar-refractivity contribution in [3.8, 4) is 0 Å². The van der Waals surface area contributed by atoms with Gasteiger partial charge in [-0.05, 0) is 31.2 Å². The van der Waals surface area contributed by atoms with Gasteiger partial charge in [0.1, 0.15) is 0 Å². The number of nitrogens with zero attached hydrogens (tertiary/aromatic N) is 3. The van der Waals surface area contributed by atoms with Crippen LogP contribution in [0.1, 0.15) is 37.9 Å². The summed E-state index contributed by atoms with van der Waals surface area (Å²) < 4.78 is 7.68. The number of ether oxygens (including phenoxy) is 1. The van der Waals surface area contributed by atoms with Gasteiger partial charge in [-0.3, -0.25) is 9.48 Å². The molecule has 1 aromatic rings. The lowest BCUT2D eigenvalue weighted by molar-refractivity contribution is -0.132. The monoisotopic (exact) mass is 293 g/mol. The quantitative estimate of drug-likeness (QED) is 0.852. The maximum Gasteiger partial charge on any atom is 0.222 e. The zero-order valence-corrected chi connectivity index (χ0v) is 13.6. The molecule has 0 bridgehead atoms. The molecule has 1 amide bonds. The molecular formula is C16H27N3O2. The highest BCUT2D eigenvalue weighted by atomic mass is 16.5. The van der Waals surface area contributed by atoms with E-state index in [4.69, 9.17) is 4.74 Å². The molecular weight excluding hydrogens is 266 g/mol. The van der Waals surface area contributed by atoms with Crippen LogP contribution in [0.25, 0.3) is 0 Å². The van der Waals surface area contributed by atoms with Crippen molar-refractivity contribution in [1.29, 1.82) is 0 Å². The van der Waals surface area contributed by atoms with E-state index in [1.54, 1.807) is 0 Å². The van der Waals surface area contributed by atoms with Gasteiger partial charge in [-0.25, -0.2) is 0 Å². The Morgan fingerprint density at radius 2 is 2.29 bits per heavy atom. The summed E-state index contributed by atoms with van der Waals surface area (Å²) in [6, 6.07) is 0. The summed E-state index contributed by atoms with van der Waals surface area (Å²) in [6.07, 6.45) is 4.28. The van der Waals surface area contributed by atoms with E-state index in [0.717, 1.165) is 43.8 Å². The number of carbonyl (C=O) groups is 1. The first-order valence-electron chi connectivity index (χ1n) is 7.86. The number of hydrogen-bond acceptors (Lipinski definition) is 3. The fraction of sp³-hybridized carbons (Fsp3) is 0.750. The molecule has 5 heteroatoms. The first-order valence-corrected chi connectivity index (χ1v) is 7.86. The molecule has 118 valence electrons. The summed E-state index contributed by atoms with van der Waals surface area (Å²) in [5.74, 6) is 0.674. The van der Waals surface area contributed by atoms with Gasteiger partial charge < -0.3 is 9.64 Å². The van der Waals surface area contributed by atoms with Crippen molar-refractivity contribution in [2.24, 2.45) is 13.0 Å².